The lowest BCUT2D eigenvalue weighted by Gasteiger charge is -2.20. The molecule has 1 aliphatic heterocycles. The Hall–Kier alpha value is -3.54. The fraction of sp³-hybridized carbons (Fsp3) is 0.182. The topological polar surface area (TPSA) is 71.0 Å². The molecule has 1 aliphatic rings. The number of carbonyl (C=O) groups excluding carboxylic acids is 1. The molecule has 2 aromatic carbocycles. The van der Waals surface area contributed by atoms with Crippen LogP contribution in [-0.4, -0.2) is 33.9 Å². The van der Waals surface area contributed by atoms with E-state index in [0.29, 0.717) is 11.4 Å². The maximum absolute atomic E-state index is 13.1. The van der Waals surface area contributed by atoms with Gasteiger partial charge in [0.15, 0.2) is 11.6 Å². The van der Waals surface area contributed by atoms with E-state index >= 15 is 0 Å². The molecule has 3 heterocycles. The first kappa shape index (κ1) is 16.6. The van der Waals surface area contributed by atoms with Crippen LogP contribution < -0.4 is 10.2 Å². The van der Waals surface area contributed by atoms with Crippen molar-refractivity contribution in [2.45, 2.75) is 12.8 Å². The lowest BCUT2D eigenvalue weighted by Crippen LogP contribution is -2.23. The van der Waals surface area contributed by atoms with Crippen LogP contribution in [0.5, 0.6) is 0 Å². The van der Waals surface area contributed by atoms with Crippen LogP contribution in [0.25, 0.3) is 21.9 Å². The van der Waals surface area contributed by atoms with Gasteiger partial charge < -0.3 is 10.2 Å². The van der Waals surface area contributed by atoms with E-state index < -0.39 is 0 Å². The van der Waals surface area contributed by atoms with Gasteiger partial charge in [-0.25, -0.2) is 9.97 Å². The largest absolute Gasteiger partial charge is 0.354 e. The minimum atomic E-state index is -0.205. The lowest BCUT2D eigenvalue weighted by molar-refractivity contribution is 0.102. The number of hydrogen-bond donors (Lipinski definition) is 1. The van der Waals surface area contributed by atoms with Crippen LogP contribution in [0.4, 0.5) is 11.6 Å². The van der Waals surface area contributed by atoms with Gasteiger partial charge in [0.25, 0.3) is 5.91 Å². The Kier molecular flexibility index (Phi) is 4.09. The number of pyridine rings is 1. The maximum Gasteiger partial charge on any atom is 0.257 e. The average molecular weight is 369 g/mol. The lowest BCUT2D eigenvalue weighted by atomic mass is 10.1. The molecule has 2 aromatic heterocycles. The first-order valence-electron chi connectivity index (χ1n) is 9.46. The summed E-state index contributed by atoms with van der Waals surface area (Å²) in [5, 5.41) is 3.82. The SMILES string of the molecule is O=C(Nc1nc2ccccc2nc1N1CCCC1)c1ccnc2ccccc12. The van der Waals surface area contributed by atoms with Crippen molar-refractivity contribution in [1.29, 1.82) is 0 Å². The third kappa shape index (κ3) is 2.93. The van der Waals surface area contributed by atoms with E-state index in [1.165, 1.54) is 0 Å². The highest BCUT2D eigenvalue weighted by atomic mass is 16.1. The highest BCUT2D eigenvalue weighted by molar-refractivity contribution is 6.12. The van der Waals surface area contributed by atoms with E-state index in [0.717, 1.165) is 53.7 Å². The van der Waals surface area contributed by atoms with Crippen LogP contribution in [0, 0.1) is 0 Å². The monoisotopic (exact) mass is 369 g/mol. The minimum Gasteiger partial charge on any atom is -0.354 e. The predicted molar refractivity (Wildman–Crippen MR) is 111 cm³/mol. The Morgan fingerprint density at radius 2 is 1.54 bits per heavy atom. The number of nitrogens with zero attached hydrogens (tertiary/aromatic N) is 4. The van der Waals surface area contributed by atoms with Crippen LogP contribution in [0.2, 0.25) is 0 Å². The van der Waals surface area contributed by atoms with Crippen LogP contribution in [-0.2, 0) is 0 Å². The molecule has 1 fully saturated rings. The quantitative estimate of drug-likeness (QED) is 0.590. The second kappa shape index (κ2) is 6.88. The molecule has 4 aromatic rings. The molecule has 6 nitrogen and oxygen atoms in total. The molecule has 6 heteroatoms. The van der Waals surface area contributed by atoms with E-state index in [2.05, 4.69) is 15.2 Å². The summed E-state index contributed by atoms with van der Waals surface area (Å²) >= 11 is 0. The summed E-state index contributed by atoms with van der Waals surface area (Å²) in [6.07, 6.45) is 3.90. The van der Waals surface area contributed by atoms with Crippen molar-refractivity contribution in [1.82, 2.24) is 15.0 Å². The van der Waals surface area contributed by atoms with E-state index in [9.17, 15) is 4.79 Å². The first-order valence-corrected chi connectivity index (χ1v) is 9.46. The zero-order valence-electron chi connectivity index (χ0n) is 15.3. The summed E-state index contributed by atoms with van der Waals surface area (Å²) in [4.78, 5) is 29.2. The van der Waals surface area contributed by atoms with Crippen molar-refractivity contribution in [3.63, 3.8) is 0 Å². The van der Waals surface area contributed by atoms with Gasteiger partial charge in [-0.3, -0.25) is 9.78 Å². The molecular formula is C22H19N5O. The highest BCUT2D eigenvalue weighted by Crippen LogP contribution is 2.28. The number of para-hydroxylation sites is 3. The Morgan fingerprint density at radius 3 is 2.32 bits per heavy atom. The van der Waals surface area contributed by atoms with Gasteiger partial charge in [0.2, 0.25) is 0 Å². The zero-order chi connectivity index (χ0) is 18.9. The van der Waals surface area contributed by atoms with E-state index in [1.54, 1.807) is 12.3 Å². The molecule has 0 aliphatic carbocycles. The maximum atomic E-state index is 13.1. The number of fused-ring (bicyclic) bond motifs is 2. The first-order chi connectivity index (χ1) is 13.8. The fourth-order valence-electron chi connectivity index (χ4n) is 3.69. The van der Waals surface area contributed by atoms with Gasteiger partial charge in [-0.1, -0.05) is 30.3 Å². The van der Waals surface area contributed by atoms with Gasteiger partial charge in [0.05, 0.1) is 22.1 Å². The number of nitrogens with one attached hydrogen (secondary N) is 1. The molecule has 0 spiro atoms. The number of carbonyl (C=O) groups is 1. The summed E-state index contributed by atoms with van der Waals surface area (Å²) in [6, 6.07) is 17.1. The molecule has 1 amide bonds. The number of aromatic nitrogens is 3. The van der Waals surface area contributed by atoms with E-state index in [4.69, 9.17) is 9.97 Å². The van der Waals surface area contributed by atoms with Crippen molar-refractivity contribution in [2.75, 3.05) is 23.3 Å². The summed E-state index contributed by atoms with van der Waals surface area (Å²) in [6.45, 7) is 1.85. The van der Waals surface area contributed by atoms with Gasteiger partial charge in [0.1, 0.15) is 0 Å². The number of rotatable bonds is 3. The summed E-state index contributed by atoms with van der Waals surface area (Å²) < 4.78 is 0. The van der Waals surface area contributed by atoms with Crippen molar-refractivity contribution in [3.05, 3.63) is 66.4 Å². The van der Waals surface area contributed by atoms with Crippen LogP contribution in [0.15, 0.2) is 60.8 Å². The van der Waals surface area contributed by atoms with Crippen molar-refractivity contribution >= 4 is 39.5 Å². The van der Waals surface area contributed by atoms with Crippen LogP contribution in [0.3, 0.4) is 0 Å². The molecule has 0 bridgehead atoms. The Bertz CT molecular complexity index is 1180. The number of anilines is 2. The van der Waals surface area contributed by atoms with Crippen molar-refractivity contribution in [2.24, 2.45) is 0 Å². The standard InChI is InChI=1S/C22H19N5O/c28-22(16-11-12-23-17-8-2-1-7-15(16)17)26-20-21(27-13-5-6-14-27)25-19-10-4-3-9-18(19)24-20/h1-4,7-12H,5-6,13-14H2,(H,24,26,28). The van der Waals surface area contributed by atoms with Gasteiger partial charge in [-0.15, -0.1) is 0 Å². The van der Waals surface area contributed by atoms with Crippen LogP contribution in [0.1, 0.15) is 23.2 Å². The molecule has 1 saturated heterocycles. The molecule has 1 N–H and O–H groups in total. The third-order valence-corrected chi connectivity index (χ3v) is 5.08. The molecular weight excluding hydrogens is 350 g/mol. The van der Waals surface area contributed by atoms with Crippen molar-refractivity contribution < 1.29 is 4.79 Å². The fourth-order valence-corrected chi connectivity index (χ4v) is 3.69. The normalized spacial score (nSPS) is 13.9. The Labute approximate surface area is 162 Å². The molecule has 28 heavy (non-hydrogen) atoms. The van der Waals surface area contributed by atoms with Gasteiger partial charge >= 0.3 is 0 Å². The summed E-state index contributed by atoms with van der Waals surface area (Å²) in [7, 11) is 0. The average Bonchev–Trinajstić information content (AvgIpc) is 3.27. The zero-order valence-corrected chi connectivity index (χ0v) is 15.3. The van der Waals surface area contributed by atoms with E-state index in [1.807, 2.05) is 48.5 Å². The third-order valence-electron chi connectivity index (χ3n) is 5.08. The molecule has 5 rings (SSSR count). The Morgan fingerprint density at radius 1 is 0.857 bits per heavy atom. The van der Waals surface area contributed by atoms with Gasteiger partial charge in [-0.05, 0) is 37.1 Å². The minimum absolute atomic E-state index is 0.205. The van der Waals surface area contributed by atoms with Gasteiger partial charge in [0, 0.05) is 24.7 Å². The number of amides is 1. The summed E-state index contributed by atoms with van der Waals surface area (Å²) in [5.41, 5.74) is 2.96. The summed E-state index contributed by atoms with van der Waals surface area (Å²) in [5.74, 6) is 1.04. The number of hydrogen-bond acceptors (Lipinski definition) is 5. The molecule has 0 saturated carbocycles. The molecule has 0 radical (unpaired) electrons. The Balaban J connectivity index is 1.58. The van der Waals surface area contributed by atoms with Gasteiger partial charge in [-0.2, -0.15) is 0 Å². The molecule has 138 valence electrons. The van der Waals surface area contributed by atoms with Crippen molar-refractivity contribution in [3.8, 4) is 0 Å². The highest BCUT2D eigenvalue weighted by Gasteiger charge is 2.21. The number of benzene rings is 2. The molecule has 0 atom stereocenters. The smallest absolute Gasteiger partial charge is 0.257 e. The molecule has 0 unspecified atom stereocenters. The van der Waals surface area contributed by atoms with Crippen LogP contribution >= 0.6 is 0 Å². The second-order valence-corrected chi connectivity index (χ2v) is 6.91. The van der Waals surface area contributed by atoms with E-state index in [-0.39, 0.29) is 5.91 Å². The predicted octanol–water partition coefficient (Wildman–Crippen LogP) is 4.03. The second-order valence-electron chi connectivity index (χ2n) is 6.91.